The summed E-state index contributed by atoms with van der Waals surface area (Å²) in [6.07, 6.45) is 4.26. The first-order valence-corrected chi connectivity index (χ1v) is 13.6. The van der Waals surface area contributed by atoms with Gasteiger partial charge in [-0.2, -0.15) is 0 Å². The molecule has 0 unspecified atom stereocenters. The Morgan fingerprint density at radius 2 is 1.68 bits per heavy atom. The molecule has 0 aliphatic carbocycles. The fraction of sp³-hybridized carbons (Fsp3) is 0.343. The molecule has 5 aromatic rings. The molecular formula is C35H38NO+. The molecule has 0 N–H and O–H groups in total. The Balaban J connectivity index is 1.79. The Bertz CT molecular complexity index is 1730. The SMILES string of the molecule is Cc1ccc2c(CC(C)(C)C)c3c(c(C)c2c1)-c1c2c(cc4cccc(CC(C)C)c4c2cc[n+]1C)O3. The maximum Gasteiger partial charge on any atom is 0.228 e. The summed E-state index contributed by atoms with van der Waals surface area (Å²) in [5.41, 5.74) is 7.98. The van der Waals surface area contributed by atoms with E-state index in [1.165, 1.54) is 65.8 Å². The number of benzene rings is 4. The summed E-state index contributed by atoms with van der Waals surface area (Å²) in [4.78, 5) is 0. The van der Waals surface area contributed by atoms with Crippen LogP contribution in [-0.4, -0.2) is 0 Å². The Morgan fingerprint density at radius 1 is 0.892 bits per heavy atom. The molecule has 2 nitrogen and oxygen atoms in total. The van der Waals surface area contributed by atoms with Gasteiger partial charge in [-0.3, -0.25) is 0 Å². The van der Waals surface area contributed by atoms with Crippen LogP contribution in [0.25, 0.3) is 43.6 Å². The van der Waals surface area contributed by atoms with Crippen LogP contribution in [-0.2, 0) is 19.9 Å². The second-order valence-corrected chi connectivity index (χ2v) is 12.7. The highest BCUT2D eigenvalue weighted by Gasteiger charge is 2.34. The number of ether oxygens (including phenoxy) is 1. The molecule has 0 saturated carbocycles. The van der Waals surface area contributed by atoms with Gasteiger partial charge in [-0.25, -0.2) is 4.57 Å². The predicted octanol–water partition coefficient (Wildman–Crippen LogP) is 9.15. The summed E-state index contributed by atoms with van der Waals surface area (Å²) in [6, 6.07) is 18.2. The van der Waals surface area contributed by atoms with E-state index in [2.05, 4.69) is 115 Å². The second kappa shape index (κ2) is 8.31. The third kappa shape index (κ3) is 3.81. The largest absolute Gasteiger partial charge is 0.455 e. The Labute approximate surface area is 220 Å². The van der Waals surface area contributed by atoms with Crippen LogP contribution >= 0.6 is 0 Å². The Kier molecular flexibility index (Phi) is 5.39. The zero-order chi connectivity index (χ0) is 26.2. The predicted molar refractivity (Wildman–Crippen MR) is 157 cm³/mol. The van der Waals surface area contributed by atoms with Gasteiger partial charge in [0, 0.05) is 17.0 Å². The summed E-state index contributed by atoms with van der Waals surface area (Å²) in [5.74, 6) is 2.61. The van der Waals surface area contributed by atoms with Crippen LogP contribution in [0.1, 0.15) is 56.9 Å². The maximum absolute atomic E-state index is 7.02. The van der Waals surface area contributed by atoms with Crippen molar-refractivity contribution < 1.29 is 9.30 Å². The molecule has 0 fully saturated rings. The van der Waals surface area contributed by atoms with Crippen molar-refractivity contribution in [3.8, 4) is 22.8 Å². The van der Waals surface area contributed by atoms with E-state index in [-0.39, 0.29) is 5.41 Å². The Hall–Kier alpha value is -3.39. The number of pyridine rings is 1. The quantitative estimate of drug-likeness (QED) is 0.179. The van der Waals surface area contributed by atoms with E-state index in [4.69, 9.17) is 4.74 Å². The van der Waals surface area contributed by atoms with Crippen LogP contribution in [0.4, 0.5) is 0 Å². The molecule has 0 radical (unpaired) electrons. The third-order valence-corrected chi connectivity index (χ3v) is 7.87. The average Bonchev–Trinajstić information content (AvgIpc) is 2.82. The molecule has 2 heterocycles. The van der Waals surface area contributed by atoms with E-state index in [0.717, 1.165) is 24.3 Å². The van der Waals surface area contributed by atoms with Gasteiger partial charge in [-0.05, 0) is 76.8 Å². The molecule has 2 heteroatoms. The lowest BCUT2D eigenvalue weighted by Gasteiger charge is -2.28. The molecule has 6 rings (SSSR count). The lowest BCUT2D eigenvalue weighted by Crippen LogP contribution is -2.32. The zero-order valence-corrected chi connectivity index (χ0v) is 23.5. The molecule has 0 bridgehead atoms. The average molecular weight is 489 g/mol. The fourth-order valence-electron chi connectivity index (χ4n) is 6.40. The van der Waals surface area contributed by atoms with Crippen LogP contribution in [0.5, 0.6) is 11.5 Å². The number of aryl methyl sites for hydroxylation is 3. The van der Waals surface area contributed by atoms with Crippen molar-refractivity contribution >= 4 is 32.3 Å². The topological polar surface area (TPSA) is 13.1 Å². The first-order valence-electron chi connectivity index (χ1n) is 13.6. The van der Waals surface area contributed by atoms with Gasteiger partial charge in [0.05, 0.1) is 10.9 Å². The minimum atomic E-state index is 0.133. The van der Waals surface area contributed by atoms with Gasteiger partial charge in [-0.15, -0.1) is 0 Å². The van der Waals surface area contributed by atoms with E-state index in [1.807, 2.05) is 0 Å². The number of hydrogen-bond acceptors (Lipinski definition) is 1. The molecule has 4 aromatic carbocycles. The van der Waals surface area contributed by atoms with Gasteiger partial charge in [0.15, 0.2) is 6.20 Å². The highest BCUT2D eigenvalue weighted by Crippen LogP contribution is 2.53. The standard InChI is InChI=1S/C35H38NO/c1-20(2)16-23-10-9-11-24-18-29-32-26(31(23)24)14-15-36(8)33(32)30-22(4)27-17-21(3)12-13-25(27)28(34(30)37-29)19-35(5,6)7/h9-15,17-18,20H,16,19H2,1-8H3/q+1. The highest BCUT2D eigenvalue weighted by molar-refractivity contribution is 6.17. The lowest BCUT2D eigenvalue weighted by atomic mass is 9.81. The summed E-state index contributed by atoms with van der Waals surface area (Å²) in [6.45, 7) is 16.0. The molecule has 0 spiro atoms. The summed E-state index contributed by atoms with van der Waals surface area (Å²) < 4.78 is 9.32. The van der Waals surface area contributed by atoms with Crippen molar-refractivity contribution in [2.24, 2.45) is 18.4 Å². The number of hydrogen-bond donors (Lipinski definition) is 0. The molecule has 0 atom stereocenters. The molecule has 188 valence electrons. The van der Waals surface area contributed by atoms with Gasteiger partial charge in [0.2, 0.25) is 5.69 Å². The van der Waals surface area contributed by atoms with Crippen molar-refractivity contribution in [2.45, 2.75) is 61.3 Å². The van der Waals surface area contributed by atoms with E-state index in [0.29, 0.717) is 5.92 Å². The fourth-order valence-corrected chi connectivity index (χ4v) is 6.40. The highest BCUT2D eigenvalue weighted by atomic mass is 16.5. The van der Waals surface area contributed by atoms with E-state index >= 15 is 0 Å². The van der Waals surface area contributed by atoms with Gasteiger partial charge >= 0.3 is 0 Å². The van der Waals surface area contributed by atoms with Crippen molar-refractivity contribution in [3.63, 3.8) is 0 Å². The van der Waals surface area contributed by atoms with Crippen LogP contribution in [0, 0.1) is 25.2 Å². The first kappa shape index (κ1) is 24.0. The smallest absolute Gasteiger partial charge is 0.228 e. The minimum absolute atomic E-state index is 0.133. The normalized spacial score (nSPS) is 13.0. The van der Waals surface area contributed by atoms with Crippen LogP contribution in [0.3, 0.4) is 0 Å². The van der Waals surface area contributed by atoms with Crippen molar-refractivity contribution in [2.75, 3.05) is 0 Å². The van der Waals surface area contributed by atoms with Crippen molar-refractivity contribution in [3.05, 3.63) is 77.0 Å². The van der Waals surface area contributed by atoms with Gasteiger partial charge in [0.1, 0.15) is 18.5 Å². The van der Waals surface area contributed by atoms with E-state index < -0.39 is 0 Å². The van der Waals surface area contributed by atoms with Crippen LogP contribution in [0.2, 0.25) is 0 Å². The van der Waals surface area contributed by atoms with Crippen LogP contribution < -0.4 is 9.30 Å². The molecule has 37 heavy (non-hydrogen) atoms. The summed E-state index contributed by atoms with van der Waals surface area (Å²) in [7, 11) is 2.18. The summed E-state index contributed by atoms with van der Waals surface area (Å²) in [5, 5.41) is 7.81. The molecule has 1 aliphatic rings. The second-order valence-electron chi connectivity index (χ2n) is 12.7. The third-order valence-electron chi connectivity index (χ3n) is 7.87. The monoisotopic (exact) mass is 488 g/mol. The maximum atomic E-state index is 7.02. The first-order chi connectivity index (χ1) is 17.5. The Morgan fingerprint density at radius 3 is 2.41 bits per heavy atom. The molecular weight excluding hydrogens is 450 g/mol. The zero-order valence-electron chi connectivity index (χ0n) is 23.5. The van der Waals surface area contributed by atoms with Gasteiger partial charge < -0.3 is 4.74 Å². The van der Waals surface area contributed by atoms with Crippen molar-refractivity contribution in [1.29, 1.82) is 0 Å². The molecule has 0 saturated heterocycles. The van der Waals surface area contributed by atoms with Gasteiger partial charge in [0.25, 0.3) is 0 Å². The number of aromatic nitrogens is 1. The van der Waals surface area contributed by atoms with Crippen LogP contribution in [0.15, 0.2) is 54.7 Å². The summed E-state index contributed by atoms with van der Waals surface area (Å²) >= 11 is 0. The van der Waals surface area contributed by atoms with Crippen molar-refractivity contribution in [1.82, 2.24) is 0 Å². The number of rotatable bonds is 3. The van der Waals surface area contributed by atoms with Gasteiger partial charge in [-0.1, -0.05) is 76.6 Å². The molecule has 1 aromatic heterocycles. The minimum Gasteiger partial charge on any atom is -0.455 e. The number of nitrogens with zero attached hydrogens (tertiary/aromatic N) is 1. The number of fused-ring (bicyclic) bond motifs is 5. The molecule has 0 amide bonds. The molecule has 1 aliphatic heterocycles. The van der Waals surface area contributed by atoms with E-state index in [1.54, 1.807) is 0 Å². The lowest BCUT2D eigenvalue weighted by molar-refractivity contribution is -0.659. The van der Waals surface area contributed by atoms with E-state index in [9.17, 15) is 0 Å².